The van der Waals surface area contributed by atoms with E-state index in [0.29, 0.717) is 36.0 Å². The van der Waals surface area contributed by atoms with Gasteiger partial charge < -0.3 is 9.84 Å². The average Bonchev–Trinajstić information content (AvgIpc) is 3.31. The van der Waals surface area contributed by atoms with Gasteiger partial charge in [0.2, 0.25) is 0 Å². The average molecular weight is 430 g/mol. The van der Waals surface area contributed by atoms with E-state index in [9.17, 15) is 9.90 Å². The van der Waals surface area contributed by atoms with Crippen LogP contribution in [0.1, 0.15) is 70.4 Å². The standard InChI is InChI=1S/C25H39N3O3/c1-16-13-26-27-28(16)14-23(30)22-7-6-20-19-5-4-17-12-18(29)8-11-25(17,15-31-3)21(19)9-10-24(20,22)2/h13,17-22,29H,4-12,14-15H2,1-3H3/t17-,18+,19-,20-,21-,22+,24-,25+/m0/s1. The normalized spacial score (nSPS) is 44.4. The van der Waals surface area contributed by atoms with Crippen molar-refractivity contribution in [2.24, 2.45) is 40.4 Å². The van der Waals surface area contributed by atoms with Crippen LogP contribution in [0.3, 0.4) is 0 Å². The number of carbonyl (C=O) groups excluding carboxylic acids is 1. The molecule has 0 spiro atoms. The van der Waals surface area contributed by atoms with Gasteiger partial charge >= 0.3 is 0 Å². The third kappa shape index (κ3) is 3.31. The number of ketones is 1. The van der Waals surface area contributed by atoms with Crippen LogP contribution >= 0.6 is 0 Å². The van der Waals surface area contributed by atoms with Gasteiger partial charge in [0, 0.05) is 13.0 Å². The highest BCUT2D eigenvalue weighted by Crippen LogP contribution is 2.67. The van der Waals surface area contributed by atoms with E-state index in [1.807, 2.05) is 14.0 Å². The second kappa shape index (κ2) is 7.95. The van der Waals surface area contributed by atoms with Crippen molar-refractivity contribution < 1.29 is 14.6 Å². The third-order valence-corrected chi connectivity index (χ3v) is 10.3. The first-order valence-electron chi connectivity index (χ1n) is 12.4. The summed E-state index contributed by atoms with van der Waals surface area (Å²) in [5, 5.41) is 18.4. The van der Waals surface area contributed by atoms with Crippen LogP contribution in [0, 0.1) is 47.3 Å². The number of aliphatic hydroxyl groups excluding tert-OH is 1. The molecule has 4 fully saturated rings. The van der Waals surface area contributed by atoms with Gasteiger partial charge in [-0.3, -0.25) is 4.79 Å². The minimum Gasteiger partial charge on any atom is -0.393 e. The van der Waals surface area contributed by atoms with Crippen LogP contribution in [0.25, 0.3) is 0 Å². The number of ether oxygens (including phenoxy) is 1. The molecule has 4 aliphatic rings. The molecule has 4 aliphatic carbocycles. The van der Waals surface area contributed by atoms with Crippen molar-refractivity contribution in [3.63, 3.8) is 0 Å². The summed E-state index contributed by atoms with van der Waals surface area (Å²) in [4.78, 5) is 13.4. The molecule has 0 bridgehead atoms. The zero-order chi connectivity index (χ0) is 21.8. The molecule has 0 radical (unpaired) electrons. The van der Waals surface area contributed by atoms with Crippen LogP contribution in [-0.4, -0.2) is 45.7 Å². The molecule has 5 rings (SSSR count). The van der Waals surface area contributed by atoms with Crippen LogP contribution in [0.15, 0.2) is 6.20 Å². The number of methoxy groups -OCH3 is 1. The predicted octanol–water partition coefficient (Wildman–Crippen LogP) is 3.80. The number of aryl methyl sites for hydroxylation is 1. The second-order valence-corrected chi connectivity index (χ2v) is 11.4. The van der Waals surface area contributed by atoms with Crippen LogP contribution in [-0.2, 0) is 16.1 Å². The summed E-state index contributed by atoms with van der Waals surface area (Å²) >= 11 is 0. The van der Waals surface area contributed by atoms with Crippen molar-refractivity contribution >= 4 is 5.78 Å². The van der Waals surface area contributed by atoms with E-state index in [0.717, 1.165) is 44.4 Å². The van der Waals surface area contributed by atoms with E-state index < -0.39 is 0 Å². The minimum atomic E-state index is -0.130. The Morgan fingerprint density at radius 3 is 2.77 bits per heavy atom. The topological polar surface area (TPSA) is 77.2 Å². The molecule has 0 saturated heterocycles. The molecular weight excluding hydrogens is 390 g/mol. The van der Waals surface area contributed by atoms with Gasteiger partial charge in [0.05, 0.1) is 24.6 Å². The summed E-state index contributed by atoms with van der Waals surface area (Å²) in [6.07, 6.45) is 11.6. The Morgan fingerprint density at radius 1 is 1.19 bits per heavy atom. The Morgan fingerprint density at radius 2 is 2.03 bits per heavy atom. The smallest absolute Gasteiger partial charge is 0.157 e. The van der Waals surface area contributed by atoms with E-state index >= 15 is 0 Å². The molecule has 31 heavy (non-hydrogen) atoms. The highest BCUT2D eigenvalue weighted by atomic mass is 16.5. The first-order chi connectivity index (χ1) is 14.9. The maximum atomic E-state index is 13.4. The lowest BCUT2D eigenvalue weighted by Crippen LogP contribution is -2.57. The Hall–Kier alpha value is -1.27. The summed E-state index contributed by atoms with van der Waals surface area (Å²) in [5.41, 5.74) is 1.30. The maximum Gasteiger partial charge on any atom is 0.157 e. The van der Waals surface area contributed by atoms with Crippen molar-refractivity contribution in [2.75, 3.05) is 13.7 Å². The summed E-state index contributed by atoms with van der Waals surface area (Å²) in [7, 11) is 1.85. The molecule has 0 aliphatic heterocycles. The van der Waals surface area contributed by atoms with Gasteiger partial charge in [-0.05, 0) is 99.2 Å². The minimum absolute atomic E-state index is 0.113. The number of hydrogen-bond acceptors (Lipinski definition) is 5. The molecule has 1 aromatic rings. The monoisotopic (exact) mass is 429 g/mol. The van der Waals surface area contributed by atoms with Gasteiger partial charge in [0.25, 0.3) is 0 Å². The van der Waals surface area contributed by atoms with Crippen molar-refractivity contribution in [3.05, 3.63) is 11.9 Å². The van der Waals surface area contributed by atoms with Crippen LogP contribution in [0.4, 0.5) is 0 Å². The SMILES string of the molecule is COC[C@]12CC[C@@H](O)C[C@@H]1CC[C@H]1[C@@H]3CC[C@H](C(=O)Cn4nncc4C)[C@@]3(C)CC[C@@H]12. The van der Waals surface area contributed by atoms with Gasteiger partial charge in [-0.1, -0.05) is 12.1 Å². The Bertz CT molecular complexity index is 825. The summed E-state index contributed by atoms with van der Waals surface area (Å²) < 4.78 is 7.60. The number of carbonyl (C=O) groups is 1. The van der Waals surface area contributed by atoms with E-state index in [1.165, 1.54) is 25.7 Å². The molecule has 0 unspecified atom stereocenters. The van der Waals surface area contributed by atoms with Gasteiger partial charge in [-0.15, -0.1) is 5.10 Å². The largest absolute Gasteiger partial charge is 0.393 e. The van der Waals surface area contributed by atoms with Gasteiger partial charge in [0.15, 0.2) is 5.78 Å². The summed E-state index contributed by atoms with van der Waals surface area (Å²) in [5.74, 6) is 3.11. The first-order valence-corrected chi connectivity index (χ1v) is 12.4. The second-order valence-electron chi connectivity index (χ2n) is 11.4. The number of fused-ring (bicyclic) bond motifs is 5. The molecule has 0 aromatic carbocycles. The lowest BCUT2D eigenvalue weighted by molar-refractivity contribution is -0.161. The molecular formula is C25H39N3O3. The summed E-state index contributed by atoms with van der Waals surface area (Å²) in [6.45, 7) is 5.58. The Balaban J connectivity index is 1.38. The van der Waals surface area contributed by atoms with E-state index in [2.05, 4.69) is 17.2 Å². The fraction of sp³-hybridized carbons (Fsp3) is 0.880. The molecule has 1 N–H and O–H groups in total. The van der Waals surface area contributed by atoms with Crippen LogP contribution < -0.4 is 0 Å². The fourth-order valence-corrected chi connectivity index (χ4v) is 8.83. The lowest BCUT2D eigenvalue weighted by Gasteiger charge is -2.61. The first kappa shape index (κ1) is 21.6. The Labute approximate surface area is 186 Å². The summed E-state index contributed by atoms with van der Waals surface area (Å²) in [6, 6.07) is 0. The highest BCUT2D eigenvalue weighted by Gasteiger charge is 2.62. The van der Waals surface area contributed by atoms with Gasteiger partial charge in [0.1, 0.15) is 6.54 Å². The van der Waals surface area contributed by atoms with Crippen LogP contribution in [0.5, 0.6) is 0 Å². The number of nitrogens with zero attached hydrogens (tertiary/aromatic N) is 3. The molecule has 1 heterocycles. The van der Waals surface area contributed by atoms with Gasteiger partial charge in [-0.25, -0.2) is 4.68 Å². The fourth-order valence-electron chi connectivity index (χ4n) is 8.83. The van der Waals surface area contributed by atoms with Crippen molar-refractivity contribution in [3.8, 4) is 0 Å². The van der Waals surface area contributed by atoms with E-state index in [4.69, 9.17) is 4.74 Å². The molecule has 8 atom stereocenters. The van der Waals surface area contributed by atoms with Gasteiger partial charge in [-0.2, -0.15) is 0 Å². The zero-order valence-electron chi connectivity index (χ0n) is 19.4. The third-order valence-electron chi connectivity index (χ3n) is 10.3. The lowest BCUT2D eigenvalue weighted by atomic mass is 9.44. The highest BCUT2D eigenvalue weighted by molar-refractivity contribution is 5.82. The van der Waals surface area contributed by atoms with Crippen molar-refractivity contribution in [1.29, 1.82) is 0 Å². The van der Waals surface area contributed by atoms with E-state index in [-0.39, 0.29) is 22.9 Å². The molecule has 6 heteroatoms. The quantitative estimate of drug-likeness (QED) is 0.770. The number of Topliss-reactive ketones (excluding diaryl/α,β-unsaturated/α-hetero) is 1. The molecule has 6 nitrogen and oxygen atoms in total. The van der Waals surface area contributed by atoms with Crippen molar-refractivity contribution in [2.45, 2.75) is 84.3 Å². The number of aromatic nitrogens is 3. The number of hydrogen-bond donors (Lipinski definition) is 1. The van der Waals surface area contributed by atoms with E-state index in [1.54, 1.807) is 10.9 Å². The Kier molecular flexibility index (Phi) is 5.53. The number of rotatable bonds is 5. The number of aliphatic hydroxyl groups is 1. The molecule has 0 amide bonds. The predicted molar refractivity (Wildman–Crippen MR) is 117 cm³/mol. The molecule has 4 saturated carbocycles. The molecule has 1 aromatic heterocycles. The van der Waals surface area contributed by atoms with Crippen LogP contribution in [0.2, 0.25) is 0 Å². The maximum absolute atomic E-state index is 13.4. The van der Waals surface area contributed by atoms with Crippen molar-refractivity contribution in [1.82, 2.24) is 15.0 Å². The molecule has 172 valence electrons. The zero-order valence-corrected chi connectivity index (χ0v) is 19.4.